The summed E-state index contributed by atoms with van der Waals surface area (Å²) in [4.78, 5) is 24.5. The Hall–Kier alpha value is -1.06. The zero-order valence-corrected chi connectivity index (χ0v) is 17.8. The van der Waals surface area contributed by atoms with Gasteiger partial charge in [0, 0.05) is 0 Å². The number of hydrogen-bond donors (Lipinski definition) is 1. The molecule has 4 nitrogen and oxygen atoms in total. The van der Waals surface area contributed by atoms with Gasteiger partial charge in [-0.3, -0.25) is 9.59 Å². The van der Waals surface area contributed by atoms with Gasteiger partial charge in [0.05, 0.1) is 11.8 Å². The first-order chi connectivity index (χ1) is 12.7. The van der Waals surface area contributed by atoms with Gasteiger partial charge >= 0.3 is 11.9 Å². The third-order valence-electron chi connectivity index (χ3n) is 6.58. The Morgan fingerprint density at radius 2 is 1.59 bits per heavy atom. The van der Waals surface area contributed by atoms with E-state index in [4.69, 9.17) is 4.74 Å². The van der Waals surface area contributed by atoms with Crippen LogP contribution in [0, 0.1) is 29.1 Å². The van der Waals surface area contributed by atoms with Gasteiger partial charge in [0.25, 0.3) is 0 Å². The lowest BCUT2D eigenvalue weighted by Gasteiger charge is -2.37. The molecule has 0 bridgehead atoms. The van der Waals surface area contributed by atoms with Gasteiger partial charge in [0.2, 0.25) is 0 Å². The summed E-state index contributed by atoms with van der Waals surface area (Å²) < 4.78 is 6.08. The molecule has 2 aliphatic rings. The third-order valence-corrected chi connectivity index (χ3v) is 6.58. The van der Waals surface area contributed by atoms with Crippen molar-refractivity contribution in [1.82, 2.24) is 0 Å². The van der Waals surface area contributed by atoms with Crippen molar-refractivity contribution >= 4 is 11.9 Å². The Kier molecular flexibility index (Phi) is 8.18. The highest BCUT2D eigenvalue weighted by molar-refractivity contribution is 5.81. The molecule has 156 valence electrons. The molecule has 0 radical (unpaired) electrons. The zero-order chi connectivity index (χ0) is 20.0. The van der Waals surface area contributed by atoms with E-state index in [0.717, 1.165) is 38.0 Å². The Morgan fingerprint density at radius 3 is 2.11 bits per heavy atom. The van der Waals surface area contributed by atoms with Crippen LogP contribution in [0.1, 0.15) is 98.3 Å². The summed E-state index contributed by atoms with van der Waals surface area (Å²) in [6, 6.07) is 0. The minimum atomic E-state index is -0.843. The highest BCUT2D eigenvalue weighted by Gasteiger charge is 2.40. The summed E-state index contributed by atoms with van der Waals surface area (Å²) in [5, 5.41) is 9.50. The predicted molar refractivity (Wildman–Crippen MR) is 107 cm³/mol. The fourth-order valence-corrected chi connectivity index (χ4v) is 5.11. The van der Waals surface area contributed by atoms with Crippen LogP contribution < -0.4 is 0 Å². The van der Waals surface area contributed by atoms with Crippen molar-refractivity contribution in [3.05, 3.63) is 0 Å². The van der Waals surface area contributed by atoms with Crippen LogP contribution in [0.3, 0.4) is 0 Å². The molecule has 0 heterocycles. The first-order valence-corrected chi connectivity index (χ1v) is 11.1. The molecule has 0 aliphatic heterocycles. The SMILES string of the molecule is CCCC1CCC(C(CC(C)(C)C)OC(=O)C2CCCCC2C(=O)O)CC1. The number of ether oxygens (including phenoxy) is 1. The number of carboxylic acid groups (broad SMARTS) is 1. The Morgan fingerprint density at radius 1 is 1.00 bits per heavy atom. The molecule has 0 aromatic rings. The first kappa shape index (κ1) is 22.2. The number of esters is 1. The molecule has 0 amide bonds. The lowest BCUT2D eigenvalue weighted by Crippen LogP contribution is -2.39. The van der Waals surface area contributed by atoms with Crippen molar-refractivity contribution in [2.24, 2.45) is 29.1 Å². The van der Waals surface area contributed by atoms with E-state index in [1.165, 1.54) is 25.7 Å². The molecular weight excluding hydrogens is 340 g/mol. The van der Waals surface area contributed by atoms with Crippen LogP contribution in [0.5, 0.6) is 0 Å². The number of carbonyl (C=O) groups is 2. The second kappa shape index (κ2) is 9.93. The summed E-state index contributed by atoms with van der Waals surface area (Å²) in [5.74, 6) is -0.881. The number of aliphatic carboxylic acids is 1. The number of hydrogen-bond acceptors (Lipinski definition) is 3. The molecule has 0 spiro atoms. The molecule has 3 atom stereocenters. The Labute approximate surface area is 165 Å². The van der Waals surface area contributed by atoms with Gasteiger partial charge in [-0.2, -0.15) is 0 Å². The van der Waals surface area contributed by atoms with Crippen molar-refractivity contribution in [1.29, 1.82) is 0 Å². The molecule has 2 rings (SSSR count). The van der Waals surface area contributed by atoms with E-state index in [2.05, 4.69) is 27.7 Å². The van der Waals surface area contributed by atoms with Crippen LogP contribution in [-0.2, 0) is 14.3 Å². The van der Waals surface area contributed by atoms with Gasteiger partial charge in [0.15, 0.2) is 0 Å². The van der Waals surface area contributed by atoms with Crippen LogP contribution in [0.4, 0.5) is 0 Å². The summed E-state index contributed by atoms with van der Waals surface area (Å²) in [7, 11) is 0. The maximum Gasteiger partial charge on any atom is 0.310 e. The molecule has 0 saturated heterocycles. The number of carboxylic acids is 1. The highest BCUT2D eigenvalue weighted by atomic mass is 16.5. The fourth-order valence-electron chi connectivity index (χ4n) is 5.11. The van der Waals surface area contributed by atoms with Gasteiger partial charge in [-0.05, 0) is 49.4 Å². The van der Waals surface area contributed by atoms with Gasteiger partial charge in [-0.25, -0.2) is 0 Å². The van der Waals surface area contributed by atoms with Crippen LogP contribution in [-0.4, -0.2) is 23.1 Å². The lowest BCUT2D eigenvalue weighted by atomic mass is 9.74. The average molecular weight is 381 g/mol. The second-order valence-electron chi connectivity index (χ2n) is 10.1. The summed E-state index contributed by atoms with van der Waals surface area (Å²) in [5.41, 5.74) is 0.0873. The molecule has 0 aromatic carbocycles. The topological polar surface area (TPSA) is 63.6 Å². The molecule has 3 unspecified atom stereocenters. The van der Waals surface area contributed by atoms with E-state index in [0.29, 0.717) is 18.8 Å². The molecule has 27 heavy (non-hydrogen) atoms. The van der Waals surface area contributed by atoms with E-state index in [9.17, 15) is 14.7 Å². The minimum Gasteiger partial charge on any atom is -0.481 e. The Balaban J connectivity index is 2.03. The van der Waals surface area contributed by atoms with Crippen LogP contribution in [0.2, 0.25) is 0 Å². The van der Waals surface area contributed by atoms with Crippen molar-refractivity contribution < 1.29 is 19.4 Å². The monoisotopic (exact) mass is 380 g/mol. The second-order valence-corrected chi connectivity index (χ2v) is 10.1. The average Bonchev–Trinajstić information content (AvgIpc) is 2.61. The largest absolute Gasteiger partial charge is 0.481 e. The quantitative estimate of drug-likeness (QED) is 0.564. The van der Waals surface area contributed by atoms with Crippen LogP contribution in [0.25, 0.3) is 0 Å². The van der Waals surface area contributed by atoms with Gasteiger partial charge in [-0.15, -0.1) is 0 Å². The normalized spacial score (nSPS) is 30.5. The van der Waals surface area contributed by atoms with Crippen LogP contribution in [0.15, 0.2) is 0 Å². The van der Waals surface area contributed by atoms with E-state index in [1.54, 1.807) is 0 Å². The zero-order valence-electron chi connectivity index (χ0n) is 17.8. The van der Waals surface area contributed by atoms with Gasteiger partial charge in [0.1, 0.15) is 6.10 Å². The molecule has 1 N–H and O–H groups in total. The van der Waals surface area contributed by atoms with Crippen molar-refractivity contribution in [3.8, 4) is 0 Å². The maximum absolute atomic E-state index is 12.9. The van der Waals surface area contributed by atoms with E-state index in [1.807, 2.05) is 0 Å². The van der Waals surface area contributed by atoms with Crippen molar-refractivity contribution in [2.75, 3.05) is 0 Å². The van der Waals surface area contributed by atoms with Gasteiger partial charge in [-0.1, -0.05) is 66.2 Å². The predicted octanol–water partition coefficient (Wildman–Crippen LogP) is 5.83. The summed E-state index contributed by atoms with van der Waals surface area (Å²) in [6.07, 6.45) is 11.1. The van der Waals surface area contributed by atoms with E-state index in [-0.39, 0.29) is 17.5 Å². The number of rotatable bonds is 7. The molecular formula is C23H40O4. The van der Waals surface area contributed by atoms with E-state index < -0.39 is 17.8 Å². The minimum absolute atomic E-state index is 0.0727. The molecule has 0 aromatic heterocycles. The fraction of sp³-hybridized carbons (Fsp3) is 0.913. The standard InChI is InChI=1S/C23H40O4/c1-5-8-16-11-13-17(14-12-16)20(15-23(2,3)4)27-22(26)19-10-7-6-9-18(19)21(24)25/h16-20H,5-15H2,1-4H3,(H,24,25). The maximum atomic E-state index is 12.9. The first-order valence-electron chi connectivity index (χ1n) is 11.1. The van der Waals surface area contributed by atoms with Gasteiger partial charge < -0.3 is 9.84 Å². The molecule has 2 aliphatic carbocycles. The summed E-state index contributed by atoms with van der Waals surface area (Å²) in [6.45, 7) is 8.82. The number of carbonyl (C=O) groups excluding carboxylic acids is 1. The highest BCUT2D eigenvalue weighted by Crippen LogP contribution is 2.39. The van der Waals surface area contributed by atoms with Crippen molar-refractivity contribution in [2.45, 2.75) is 104 Å². The van der Waals surface area contributed by atoms with E-state index >= 15 is 0 Å². The van der Waals surface area contributed by atoms with Crippen molar-refractivity contribution in [3.63, 3.8) is 0 Å². The molecule has 2 fully saturated rings. The third kappa shape index (κ3) is 6.80. The Bertz CT molecular complexity index is 485. The smallest absolute Gasteiger partial charge is 0.310 e. The summed E-state index contributed by atoms with van der Waals surface area (Å²) >= 11 is 0. The molecule has 2 saturated carbocycles. The lowest BCUT2D eigenvalue weighted by molar-refractivity contribution is -0.168. The molecule has 4 heteroatoms. The van der Waals surface area contributed by atoms with Crippen LogP contribution >= 0.6 is 0 Å².